The van der Waals surface area contributed by atoms with Gasteiger partial charge >= 0.3 is 0 Å². The summed E-state index contributed by atoms with van der Waals surface area (Å²) < 4.78 is 31.5. The summed E-state index contributed by atoms with van der Waals surface area (Å²) in [4.78, 5) is 12.4. The third-order valence-electron chi connectivity index (χ3n) is 2.86. The lowest BCUT2D eigenvalue weighted by molar-refractivity contribution is -0.115. The van der Waals surface area contributed by atoms with Crippen LogP contribution in [0.15, 0.2) is 47.4 Å². The van der Waals surface area contributed by atoms with Gasteiger partial charge in [-0.05, 0) is 24.3 Å². The molecule has 1 amide bonds. The van der Waals surface area contributed by atoms with Gasteiger partial charge in [-0.1, -0.05) is 12.1 Å². The van der Waals surface area contributed by atoms with E-state index in [2.05, 4.69) is 5.32 Å². The molecule has 0 aliphatic heterocycles. The van der Waals surface area contributed by atoms with Crippen LogP contribution in [0.2, 0.25) is 0 Å². The van der Waals surface area contributed by atoms with Crippen molar-refractivity contribution in [2.24, 2.45) is 0 Å². The maximum Gasteiger partial charge on any atom is 0.225 e. The molecule has 2 aromatic carbocycles. The van der Waals surface area contributed by atoms with E-state index in [0.29, 0.717) is 16.3 Å². The van der Waals surface area contributed by atoms with Gasteiger partial charge in [0.1, 0.15) is 17.4 Å². The molecule has 0 aliphatic rings. The smallest absolute Gasteiger partial charge is 0.225 e. The third-order valence-corrected chi connectivity index (χ3v) is 3.91. The van der Waals surface area contributed by atoms with Gasteiger partial charge in [0.05, 0.1) is 12.8 Å². The molecule has 6 heteroatoms. The Morgan fingerprint density at radius 2 is 2.00 bits per heavy atom. The van der Waals surface area contributed by atoms with Crippen LogP contribution in [0.1, 0.15) is 6.42 Å². The van der Waals surface area contributed by atoms with Gasteiger partial charge in [0, 0.05) is 23.1 Å². The molecule has 2 rings (SSSR count). The monoisotopic (exact) mass is 323 g/mol. The average molecular weight is 323 g/mol. The van der Waals surface area contributed by atoms with Crippen molar-refractivity contribution in [1.29, 1.82) is 0 Å². The van der Waals surface area contributed by atoms with E-state index in [-0.39, 0.29) is 23.9 Å². The molecule has 0 aromatic heterocycles. The molecule has 116 valence electrons. The maximum absolute atomic E-state index is 13.4. The largest absolute Gasteiger partial charge is 0.494 e. The quantitative estimate of drug-likeness (QED) is 0.814. The first-order valence-electron chi connectivity index (χ1n) is 6.61. The molecule has 0 fully saturated rings. The summed E-state index contributed by atoms with van der Waals surface area (Å²) in [6.07, 6.45) is 0.208. The summed E-state index contributed by atoms with van der Waals surface area (Å²) in [6, 6.07) is 10.3. The Hall–Kier alpha value is -2.08. The molecule has 0 saturated heterocycles. The number of thioether (sulfide) groups is 1. The number of amides is 1. The zero-order valence-corrected chi connectivity index (χ0v) is 12.8. The Morgan fingerprint density at radius 3 is 2.73 bits per heavy atom. The zero-order chi connectivity index (χ0) is 15.9. The zero-order valence-electron chi connectivity index (χ0n) is 11.9. The highest BCUT2D eigenvalue weighted by molar-refractivity contribution is 7.99. The lowest BCUT2D eigenvalue weighted by Gasteiger charge is -2.10. The summed E-state index contributed by atoms with van der Waals surface area (Å²) in [5.41, 5.74) is 0.407. The second kappa shape index (κ2) is 7.79. The number of methoxy groups -OCH3 is 1. The molecule has 22 heavy (non-hydrogen) atoms. The standard InChI is InChI=1S/C16H15F2NO2S/c1-21-14-10-11(17)6-7-13(14)19-16(20)8-9-22-15-5-3-2-4-12(15)18/h2-7,10H,8-9H2,1H3,(H,19,20). The Morgan fingerprint density at radius 1 is 1.23 bits per heavy atom. The van der Waals surface area contributed by atoms with Crippen LogP contribution in [-0.2, 0) is 4.79 Å². The van der Waals surface area contributed by atoms with Gasteiger partial charge in [0.2, 0.25) is 5.91 Å². The van der Waals surface area contributed by atoms with E-state index in [4.69, 9.17) is 4.74 Å². The van der Waals surface area contributed by atoms with Crippen molar-refractivity contribution < 1.29 is 18.3 Å². The van der Waals surface area contributed by atoms with Crippen molar-refractivity contribution in [2.75, 3.05) is 18.2 Å². The number of rotatable bonds is 6. The topological polar surface area (TPSA) is 38.3 Å². The van der Waals surface area contributed by atoms with Crippen LogP contribution in [0, 0.1) is 11.6 Å². The molecule has 0 aliphatic carbocycles. The predicted molar refractivity (Wildman–Crippen MR) is 83.3 cm³/mol. The number of ether oxygens (including phenoxy) is 1. The Labute approximate surface area is 131 Å². The van der Waals surface area contributed by atoms with Crippen molar-refractivity contribution in [1.82, 2.24) is 0 Å². The molecule has 0 atom stereocenters. The molecule has 0 heterocycles. The highest BCUT2D eigenvalue weighted by Gasteiger charge is 2.09. The second-order valence-electron chi connectivity index (χ2n) is 4.42. The van der Waals surface area contributed by atoms with Gasteiger partial charge in [-0.25, -0.2) is 8.78 Å². The highest BCUT2D eigenvalue weighted by atomic mass is 32.2. The molecule has 0 saturated carbocycles. The Kier molecular flexibility index (Phi) is 5.77. The van der Waals surface area contributed by atoms with Crippen molar-refractivity contribution >= 4 is 23.4 Å². The van der Waals surface area contributed by atoms with Gasteiger partial charge in [-0.3, -0.25) is 4.79 Å². The number of carbonyl (C=O) groups excluding carboxylic acids is 1. The fourth-order valence-corrected chi connectivity index (χ4v) is 2.68. The number of hydrogen-bond donors (Lipinski definition) is 1. The van der Waals surface area contributed by atoms with E-state index in [1.807, 2.05) is 0 Å². The van der Waals surface area contributed by atoms with Gasteiger partial charge in [0.15, 0.2) is 0 Å². The first-order chi connectivity index (χ1) is 10.6. The lowest BCUT2D eigenvalue weighted by Crippen LogP contribution is -2.13. The maximum atomic E-state index is 13.4. The lowest BCUT2D eigenvalue weighted by atomic mass is 10.2. The molecular weight excluding hydrogens is 308 g/mol. The van der Waals surface area contributed by atoms with Crippen LogP contribution >= 0.6 is 11.8 Å². The van der Waals surface area contributed by atoms with Crippen molar-refractivity contribution in [3.8, 4) is 5.75 Å². The third kappa shape index (κ3) is 4.46. The van der Waals surface area contributed by atoms with Crippen LogP contribution < -0.4 is 10.1 Å². The Bertz CT molecular complexity index is 664. The molecule has 3 nitrogen and oxygen atoms in total. The van der Waals surface area contributed by atoms with Gasteiger partial charge in [0.25, 0.3) is 0 Å². The first-order valence-corrected chi connectivity index (χ1v) is 7.59. The van der Waals surface area contributed by atoms with Gasteiger partial charge < -0.3 is 10.1 Å². The number of halogens is 2. The van der Waals surface area contributed by atoms with E-state index >= 15 is 0 Å². The number of nitrogens with one attached hydrogen (secondary N) is 1. The normalized spacial score (nSPS) is 10.3. The van der Waals surface area contributed by atoms with E-state index in [1.165, 1.54) is 43.1 Å². The average Bonchev–Trinajstić information content (AvgIpc) is 2.51. The van der Waals surface area contributed by atoms with Gasteiger partial charge in [-0.15, -0.1) is 11.8 Å². The van der Waals surface area contributed by atoms with E-state index in [0.717, 1.165) is 0 Å². The van der Waals surface area contributed by atoms with Crippen LogP contribution in [-0.4, -0.2) is 18.8 Å². The van der Waals surface area contributed by atoms with E-state index in [1.54, 1.807) is 18.2 Å². The van der Waals surface area contributed by atoms with Crippen LogP contribution in [0.4, 0.5) is 14.5 Å². The molecule has 0 bridgehead atoms. The molecule has 1 N–H and O–H groups in total. The highest BCUT2D eigenvalue weighted by Crippen LogP contribution is 2.26. The predicted octanol–water partition coefficient (Wildman–Crippen LogP) is 4.09. The fourth-order valence-electron chi connectivity index (χ4n) is 1.80. The minimum Gasteiger partial charge on any atom is -0.494 e. The summed E-state index contributed by atoms with van der Waals surface area (Å²) in [5.74, 6) is -0.280. The molecule has 0 unspecified atom stereocenters. The molecule has 0 spiro atoms. The minimum atomic E-state index is -0.440. The second-order valence-corrected chi connectivity index (χ2v) is 5.56. The summed E-state index contributed by atoms with van der Waals surface area (Å²) in [6.45, 7) is 0. The Balaban J connectivity index is 1.87. The SMILES string of the molecule is COc1cc(F)ccc1NC(=O)CCSc1ccccc1F. The molecule has 2 aromatic rings. The number of carbonyl (C=O) groups is 1. The number of anilines is 1. The number of benzene rings is 2. The number of hydrogen-bond acceptors (Lipinski definition) is 3. The van der Waals surface area contributed by atoms with Crippen LogP contribution in [0.3, 0.4) is 0 Å². The van der Waals surface area contributed by atoms with Crippen LogP contribution in [0.25, 0.3) is 0 Å². The van der Waals surface area contributed by atoms with Crippen molar-refractivity contribution in [3.05, 3.63) is 54.1 Å². The summed E-state index contributed by atoms with van der Waals surface area (Å²) >= 11 is 1.27. The summed E-state index contributed by atoms with van der Waals surface area (Å²) in [5, 5.41) is 2.65. The van der Waals surface area contributed by atoms with Crippen molar-refractivity contribution in [3.63, 3.8) is 0 Å². The molecular formula is C16H15F2NO2S. The van der Waals surface area contributed by atoms with E-state index in [9.17, 15) is 13.6 Å². The summed E-state index contributed by atoms with van der Waals surface area (Å²) in [7, 11) is 1.40. The van der Waals surface area contributed by atoms with Gasteiger partial charge in [-0.2, -0.15) is 0 Å². The first kappa shape index (κ1) is 16.3. The fraction of sp³-hybridized carbons (Fsp3) is 0.188. The van der Waals surface area contributed by atoms with E-state index < -0.39 is 5.82 Å². The van der Waals surface area contributed by atoms with Crippen molar-refractivity contribution in [2.45, 2.75) is 11.3 Å². The van der Waals surface area contributed by atoms with Crippen LogP contribution in [0.5, 0.6) is 5.75 Å². The molecule has 0 radical (unpaired) electrons. The minimum absolute atomic E-state index is 0.208.